The Hall–Kier alpha value is -2.81. The monoisotopic (exact) mass is 372 g/mol. The average molecular weight is 372 g/mol. The summed E-state index contributed by atoms with van der Waals surface area (Å²) in [5, 5.41) is 5.42. The predicted molar refractivity (Wildman–Crippen MR) is 90.6 cm³/mol. The molecule has 140 valence electrons. The van der Waals surface area contributed by atoms with Crippen LogP contribution < -0.4 is 15.5 Å². The van der Waals surface area contributed by atoms with E-state index >= 15 is 0 Å². The van der Waals surface area contributed by atoms with Crippen LogP contribution in [0.25, 0.3) is 0 Å². The summed E-state index contributed by atoms with van der Waals surface area (Å²) in [6.45, 7) is 1.59. The standard InChI is InChI=1S/C18H17FN4O4/c19-12-5-8(22-9-3-10(22)7-20-6-9)4-11-15(12)18(27)23(17(11)26)13-1-2-14(24)21-16(13)25/h4-5,9-10,13,20H,1-3,6-7H2,(H,21,24,25). The predicted octanol–water partition coefficient (Wildman–Crippen LogP) is -0.223. The summed E-state index contributed by atoms with van der Waals surface area (Å²) in [6.07, 6.45) is 1.09. The molecule has 3 saturated heterocycles. The van der Waals surface area contributed by atoms with Crippen LogP contribution in [-0.2, 0) is 9.59 Å². The highest BCUT2D eigenvalue weighted by molar-refractivity contribution is 6.24. The minimum absolute atomic E-state index is 0.0161. The summed E-state index contributed by atoms with van der Waals surface area (Å²) in [4.78, 5) is 51.8. The lowest BCUT2D eigenvalue weighted by Gasteiger charge is -2.54. The van der Waals surface area contributed by atoms with Crippen molar-refractivity contribution in [3.63, 3.8) is 0 Å². The number of anilines is 1. The van der Waals surface area contributed by atoms with E-state index in [1.807, 2.05) is 0 Å². The number of hydrogen-bond donors (Lipinski definition) is 2. The number of piperidine rings is 2. The minimum atomic E-state index is -1.09. The number of halogens is 1. The maximum Gasteiger partial charge on any atom is 0.265 e. The second-order valence-corrected chi connectivity index (χ2v) is 7.41. The molecule has 2 N–H and O–H groups in total. The van der Waals surface area contributed by atoms with Crippen LogP contribution in [0.5, 0.6) is 0 Å². The second kappa shape index (κ2) is 5.59. The van der Waals surface area contributed by atoms with Gasteiger partial charge in [0.1, 0.15) is 11.9 Å². The van der Waals surface area contributed by atoms with Gasteiger partial charge in [-0.1, -0.05) is 0 Å². The van der Waals surface area contributed by atoms with Crippen LogP contribution in [0, 0.1) is 5.82 Å². The molecule has 4 heterocycles. The Morgan fingerprint density at radius 1 is 1.04 bits per heavy atom. The smallest absolute Gasteiger partial charge is 0.265 e. The first-order valence-electron chi connectivity index (χ1n) is 9.00. The van der Waals surface area contributed by atoms with Crippen LogP contribution in [0.15, 0.2) is 12.1 Å². The number of nitrogens with one attached hydrogen (secondary N) is 2. The molecule has 27 heavy (non-hydrogen) atoms. The Labute approximate surface area is 153 Å². The normalized spacial score (nSPS) is 29.6. The van der Waals surface area contributed by atoms with Gasteiger partial charge < -0.3 is 10.2 Å². The van der Waals surface area contributed by atoms with Crippen LogP contribution in [0.4, 0.5) is 10.1 Å². The molecule has 2 bridgehead atoms. The van der Waals surface area contributed by atoms with Crippen molar-refractivity contribution in [3.8, 4) is 0 Å². The van der Waals surface area contributed by atoms with Gasteiger partial charge in [-0.3, -0.25) is 29.4 Å². The van der Waals surface area contributed by atoms with Gasteiger partial charge in [0.2, 0.25) is 11.8 Å². The summed E-state index contributed by atoms with van der Waals surface area (Å²) in [6, 6.07) is 2.25. The van der Waals surface area contributed by atoms with E-state index in [0.29, 0.717) is 5.69 Å². The third kappa shape index (κ3) is 2.24. The van der Waals surface area contributed by atoms with Crippen LogP contribution >= 0.6 is 0 Å². The van der Waals surface area contributed by atoms with Crippen molar-refractivity contribution in [1.29, 1.82) is 0 Å². The first-order chi connectivity index (χ1) is 13.0. The zero-order valence-electron chi connectivity index (χ0n) is 14.3. The fraction of sp³-hybridized carbons (Fsp3) is 0.444. The van der Waals surface area contributed by atoms with Gasteiger partial charge in [0.15, 0.2) is 0 Å². The van der Waals surface area contributed by atoms with Gasteiger partial charge in [0.25, 0.3) is 11.8 Å². The van der Waals surface area contributed by atoms with Crippen molar-refractivity contribution in [3.05, 3.63) is 29.1 Å². The summed E-state index contributed by atoms with van der Waals surface area (Å²) < 4.78 is 14.8. The summed E-state index contributed by atoms with van der Waals surface area (Å²) in [5.41, 5.74) is 0.273. The van der Waals surface area contributed by atoms with Crippen LogP contribution in [-0.4, -0.2) is 59.7 Å². The van der Waals surface area contributed by atoms with Crippen molar-refractivity contribution in [2.45, 2.75) is 37.4 Å². The average Bonchev–Trinajstić information content (AvgIpc) is 2.87. The van der Waals surface area contributed by atoms with E-state index in [9.17, 15) is 23.6 Å². The number of amides is 4. The van der Waals surface area contributed by atoms with E-state index < -0.39 is 35.5 Å². The molecule has 4 aliphatic heterocycles. The number of carbonyl (C=O) groups is 4. The van der Waals surface area contributed by atoms with Crippen molar-refractivity contribution in [2.75, 3.05) is 18.0 Å². The van der Waals surface area contributed by atoms with Gasteiger partial charge in [-0.15, -0.1) is 0 Å². The van der Waals surface area contributed by atoms with E-state index in [2.05, 4.69) is 15.5 Å². The van der Waals surface area contributed by atoms with Gasteiger partial charge in [0.05, 0.1) is 11.1 Å². The molecular weight excluding hydrogens is 355 g/mol. The molecule has 0 aliphatic carbocycles. The number of piperazine rings is 1. The van der Waals surface area contributed by atoms with Crippen molar-refractivity contribution in [2.24, 2.45) is 0 Å². The zero-order chi connectivity index (χ0) is 18.9. The highest BCUT2D eigenvalue weighted by Gasteiger charge is 2.47. The highest BCUT2D eigenvalue weighted by atomic mass is 19.1. The van der Waals surface area contributed by atoms with E-state index in [-0.39, 0.29) is 36.1 Å². The van der Waals surface area contributed by atoms with E-state index in [1.54, 1.807) is 6.07 Å². The lowest BCUT2D eigenvalue weighted by Crippen LogP contribution is -2.68. The number of imide groups is 2. The maximum absolute atomic E-state index is 14.8. The second-order valence-electron chi connectivity index (χ2n) is 7.41. The summed E-state index contributed by atoms with van der Waals surface area (Å²) in [5.74, 6) is -3.41. The molecule has 3 atom stereocenters. The number of hydrogen-bond acceptors (Lipinski definition) is 6. The van der Waals surface area contributed by atoms with Gasteiger partial charge >= 0.3 is 0 Å². The molecule has 0 spiro atoms. The van der Waals surface area contributed by atoms with Crippen molar-refractivity contribution < 1.29 is 23.6 Å². The summed E-state index contributed by atoms with van der Waals surface area (Å²) >= 11 is 0. The molecule has 1 aromatic rings. The number of fused-ring (bicyclic) bond motifs is 3. The van der Waals surface area contributed by atoms with Crippen LogP contribution in [0.3, 0.4) is 0 Å². The van der Waals surface area contributed by atoms with E-state index in [4.69, 9.17) is 0 Å². The van der Waals surface area contributed by atoms with E-state index in [1.165, 1.54) is 6.07 Å². The fourth-order valence-corrected chi connectivity index (χ4v) is 4.58. The maximum atomic E-state index is 14.8. The van der Waals surface area contributed by atoms with Gasteiger partial charge in [-0.25, -0.2) is 4.39 Å². The molecule has 3 unspecified atom stereocenters. The Morgan fingerprint density at radius 3 is 2.44 bits per heavy atom. The lowest BCUT2D eigenvalue weighted by molar-refractivity contribution is -0.136. The topological polar surface area (TPSA) is 98.8 Å². The molecule has 0 aromatic heterocycles. The molecule has 3 fully saturated rings. The lowest BCUT2D eigenvalue weighted by atomic mass is 9.87. The van der Waals surface area contributed by atoms with Gasteiger partial charge in [-0.05, 0) is 25.0 Å². The highest BCUT2D eigenvalue weighted by Crippen LogP contribution is 2.38. The molecule has 5 rings (SSSR count). The quantitative estimate of drug-likeness (QED) is 0.697. The van der Waals surface area contributed by atoms with Crippen LogP contribution in [0.1, 0.15) is 40.0 Å². The zero-order valence-corrected chi connectivity index (χ0v) is 14.3. The number of benzene rings is 1. The molecule has 4 amide bonds. The van der Waals surface area contributed by atoms with Crippen molar-refractivity contribution in [1.82, 2.24) is 15.5 Å². The summed E-state index contributed by atoms with van der Waals surface area (Å²) in [7, 11) is 0. The van der Waals surface area contributed by atoms with Gasteiger partial charge in [-0.2, -0.15) is 0 Å². The Morgan fingerprint density at radius 2 is 1.78 bits per heavy atom. The molecule has 4 aliphatic rings. The SMILES string of the molecule is O=C1CCC(N2C(=O)c3cc(N4C5CNCC4C5)cc(F)c3C2=O)C(=O)N1. The fourth-order valence-electron chi connectivity index (χ4n) is 4.58. The molecular formula is C18H17FN4O4. The molecule has 0 radical (unpaired) electrons. The van der Waals surface area contributed by atoms with Crippen LogP contribution in [0.2, 0.25) is 0 Å². The first kappa shape index (κ1) is 16.4. The molecule has 0 saturated carbocycles. The number of nitrogens with zero attached hydrogens (tertiary/aromatic N) is 2. The van der Waals surface area contributed by atoms with E-state index in [0.717, 1.165) is 24.4 Å². The third-order valence-electron chi connectivity index (χ3n) is 5.87. The minimum Gasteiger partial charge on any atom is -0.363 e. The third-order valence-corrected chi connectivity index (χ3v) is 5.87. The van der Waals surface area contributed by atoms with Crippen molar-refractivity contribution >= 4 is 29.3 Å². The number of rotatable bonds is 2. The number of carbonyl (C=O) groups excluding carboxylic acids is 4. The molecule has 1 aromatic carbocycles. The Kier molecular flexibility index (Phi) is 3.39. The molecule has 8 nitrogen and oxygen atoms in total. The Balaban J connectivity index is 1.50. The van der Waals surface area contributed by atoms with Gasteiger partial charge in [0, 0.05) is 37.3 Å². The largest absolute Gasteiger partial charge is 0.363 e. The molecule has 9 heteroatoms. The Bertz CT molecular complexity index is 903. The first-order valence-corrected chi connectivity index (χ1v) is 9.00.